The van der Waals surface area contributed by atoms with E-state index in [1.54, 1.807) is 38.4 Å². The molecular formula is C26H26N4O3. The van der Waals surface area contributed by atoms with E-state index in [0.717, 1.165) is 11.3 Å². The third-order valence-electron chi connectivity index (χ3n) is 5.79. The van der Waals surface area contributed by atoms with E-state index >= 15 is 0 Å². The van der Waals surface area contributed by atoms with Crippen molar-refractivity contribution in [3.05, 3.63) is 94.5 Å². The number of hydrogen-bond acceptors (Lipinski definition) is 4. The average Bonchev–Trinajstić information content (AvgIpc) is 2.84. The summed E-state index contributed by atoms with van der Waals surface area (Å²) in [5.74, 6) is 0.975. The van der Waals surface area contributed by atoms with E-state index in [1.165, 1.54) is 9.47 Å². The fourth-order valence-corrected chi connectivity index (χ4v) is 3.74. The second-order valence-corrected chi connectivity index (χ2v) is 7.83. The Morgan fingerprint density at radius 2 is 1.70 bits per heavy atom. The van der Waals surface area contributed by atoms with Gasteiger partial charge in [-0.1, -0.05) is 42.5 Å². The first kappa shape index (κ1) is 22.1. The molecule has 1 aromatic heterocycles. The van der Waals surface area contributed by atoms with Crippen LogP contribution in [-0.2, 0) is 0 Å². The summed E-state index contributed by atoms with van der Waals surface area (Å²) in [7, 11) is 3.25. The van der Waals surface area contributed by atoms with Gasteiger partial charge in [0, 0.05) is 12.7 Å². The lowest BCUT2D eigenvalue weighted by molar-refractivity contribution is 0.205. The van der Waals surface area contributed by atoms with Crippen LogP contribution in [-0.4, -0.2) is 34.6 Å². The van der Waals surface area contributed by atoms with Crippen LogP contribution in [0.15, 0.2) is 77.6 Å². The summed E-state index contributed by atoms with van der Waals surface area (Å²) in [6.45, 7) is 3.78. The molecule has 168 valence electrons. The SMILES string of the molecule is COc1ccccc1-n1c(C(C)N(C)C(=O)Nc2ccccc2C)nc2ccccc2c1=O. The predicted octanol–water partition coefficient (Wildman–Crippen LogP) is 4.93. The normalized spacial score (nSPS) is 11.8. The summed E-state index contributed by atoms with van der Waals surface area (Å²) in [4.78, 5) is 33.0. The summed E-state index contributed by atoms with van der Waals surface area (Å²) >= 11 is 0. The molecule has 0 saturated heterocycles. The lowest BCUT2D eigenvalue weighted by Gasteiger charge is -2.27. The number of carbonyl (C=O) groups is 1. The standard InChI is InChI=1S/C26H26N4O3/c1-17-11-5-7-13-20(17)28-26(32)29(3)18(2)24-27-21-14-8-6-12-19(21)25(31)30(24)22-15-9-10-16-23(22)33-4/h5-16,18H,1-4H3,(H,28,32). The smallest absolute Gasteiger partial charge is 0.322 e. The van der Waals surface area contributed by atoms with Crippen LogP contribution >= 0.6 is 0 Å². The maximum Gasteiger partial charge on any atom is 0.322 e. The molecule has 4 rings (SSSR count). The second-order valence-electron chi connectivity index (χ2n) is 7.83. The molecule has 0 bridgehead atoms. The summed E-state index contributed by atoms with van der Waals surface area (Å²) in [5.41, 5.74) is 2.61. The summed E-state index contributed by atoms with van der Waals surface area (Å²) in [5, 5.41) is 3.43. The number of nitrogens with one attached hydrogen (secondary N) is 1. The van der Waals surface area contributed by atoms with E-state index in [-0.39, 0.29) is 11.6 Å². The Bertz CT molecular complexity index is 1380. The van der Waals surface area contributed by atoms with Gasteiger partial charge in [-0.05, 0) is 49.7 Å². The highest BCUT2D eigenvalue weighted by atomic mass is 16.5. The van der Waals surface area contributed by atoms with Gasteiger partial charge in [0.05, 0.1) is 29.7 Å². The van der Waals surface area contributed by atoms with Crippen molar-refractivity contribution in [2.75, 3.05) is 19.5 Å². The zero-order valence-electron chi connectivity index (χ0n) is 19.1. The molecular weight excluding hydrogens is 416 g/mol. The predicted molar refractivity (Wildman–Crippen MR) is 130 cm³/mol. The van der Waals surface area contributed by atoms with Crippen molar-refractivity contribution in [3.63, 3.8) is 0 Å². The number of carbonyl (C=O) groups excluding carboxylic acids is 1. The number of aryl methyl sites for hydroxylation is 1. The molecule has 0 aliphatic carbocycles. The number of rotatable bonds is 5. The maximum absolute atomic E-state index is 13.6. The minimum Gasteiger partial charge on any atom is -0.495 e. The van der Waals surface area contributed by atoms with Gasteiger partial charge in [0.15, 0.2) is 0 Å². The Morgan fingerprint density at radius 3 is 2.45 bits per heavy atom. The molecule has 0 radical (unpaired) electrons. The van der Waals surface area contributed by atoms with Crippen LogP contribution in [0, 0.1) is 6.92 Å². The number of anilines is 1. The number of fused-ring (bicyclic) bond motifs is 1. The zero-order valence-corrected chi connectivity index (χ0v) is 19.1. The number of amides is 2. The van der Waals surface area contributed by atoms with Crippen molar-refractivity contribution >= 4 is 22.6 Å². The van der Waals surface area contributed by atoms with E-state index in [0.29, 0.717) is 28.2 Å². The van der Waals surface area contributed by atoms with Crippen LogP contribution < -0.4 is 15.6 Å². The molecule has 0 spiro atoms. The molecule has 1 unspecified atom stereocenters. The molecule has 2 amide bonds. The lowest BCUT2D eigenvalue weighted by atomic mass is 10.2. The third-order valence-corrected chi connectivity index (χ3v) is 5.79. The highest BCUT2D eigenvalue weighted by Crippen LogP contribution is 2.27. The van der Waals surface area contributed by atoms with Crippen LogP contribution in [0.3, 0.4) is 0 Å². The molecule has 1 atom stereocenters. The Labute approximate surface area is 192 Å². The molecule has 1 N–H and O–H groups in total. The average molecular weight is 443 g/mol. The molecule has 4 aromatic rings. The van der Waals surface area contributed by atoms with E-state index < -0.39 is 6.04 Å². The van der Waals surface area contributed by atoms with Gasteiger partial charge in [0.2, 0.25) is 0 Å². The van der Waals surface area contributed by atoms with Gasteiger partial charge >= 0.3 is 6.03 Å². The molecule has 33 heavy (non-hydrogen) atoms. The van der Waals surface area contributed by atoms with Crippen LogP contribution in [0.2, 0.25) is 0 Å². The van der Waals surface area contributed by atoms with Gasteiger partial charge in [-0.3, -0.25) is 9.36 Å². The molecule has 0 aliphatic heterocycles. The monoisotopic (exact) mass is 442 g/mol. The van der Waals surface area contributed by atoms with E-state index in [4.69, 9.17) is 9.72 Å². The first-order valence-corrected chi connectivity index (χ1v) is 10.7. The number of hydrogen-bond donors (Lipinski definition) is 1. The number of ether oxygens (including phenoxy) is 1. The maximum atomic E-state index is 13.6. The van der Waals surface area contributed by atoms with E-state index in [2.05, 4.69) is 5.32 Å². The number of urea groups is 1. The molecule has 0 aliphatic rings. The minimum absolute atomic E-state index is 0.223. The number of aromatic nitrogens is 2. The molecule has 0 saturated carbocycles. The van der Waals surface area contributed by atoms with Crippen molar-refractivity contribution in [2.24, 2.45) is 0 Å². The van der Waals surface area contributed by atoms with Crippen LogP contribution in [0.4, 0.5) is 10.5 Å². The number of nitrogens with zero attached hydrogens (tertiary/aromatic N) is 3. The number of benzene rings is 3. The summed E-state index contributed by atoms with van der Waals surface area (Å²) < 4.78 is 7.05. The third kappa shape index (κ3) is 4.17. The number of para-hydroxylation sites is 4. The Kier molecular flexibility index (Phi) is 6.13. The van der Waals surface area contributed by atoms with Crippen molar-refractivity contribution in [1.82, 2.24) is 14.5 Å². The quantitative estimate of drug-likeness (QED) is 0.476. The molecule has 7 nitrogen and oxygen atoms in total. The highest BCUT2D eigenvalue weighted by Gasteiger charge is 2.25. The summed E-state index contributed by atoms with van der Waals surface area (Å²) in [6.07, 6.45) is 0. The molecule has 7 heteroatoms. The Hall–Kier alpha value is -4.13. The van der Waals surface area contributed by atoms with Crippen LogP contribution in [0.1, 0.15) is 24.4 Å². The summed E-state index contributed by atoms with van der Waals surface area (Å²) in [6, 6.07) is 21.2. The van der Waals surface area contributed by atoms with Gasteiger partial charge in [-0.2, -0.15) is 0 Å². The first-order valence-electron chi connectivity index (χ1n) is 10.7. The Morgan fingerprint density at radius 1 is 1.03 bits per heavy atom. The van der Waals surface area contributed by atoms with Gasteiger partial charge in [0.25, 0.3) is 5.56 Å². The molecule has 3 aromatic carbocycles. The van der Waals surface area contributed by atoms with Crippen molar-refractivity contribution < 1.29 is 9.53 Å². The Balaban J connectivity index is 1.83. The van der Waals surface area contributed by atoms with Crippen molar-refractivity contribution in [3.8, 4) is 11.4 Å². The zero-order chi connectivity index (χ0) is 23.5. The lowest BCUT2D eigenvalue weighted by Crippen LogP contribution is -2.37. The van der Waals surface area contributed by atoms with Gasteiger partial charge < -0.3 is 15.0 Å². The molecule has 0 fully saturated rings. The van der Waals surface area contributed by atoms with E-state index in [9.17, 15) is 9.59 Å². The fraction of sp³-hybridized carbons (Fsp3) is 0.192. The van der Waals surface area contributed by atoms with Gasteiger partial charge in [0.1, 0.15) is 11.6 Å². The van der Waals surface area contributed by atoms with Gasteiger partial charge in [-0.25, -0.2) is 9.78 Å². The topological polar surface area (TPSA) is 76.5 Å². The molecule has 1 heterocycles. The number of methoxy groups -OCH3 is 1. The van der Waals surface area contributed by atoms with Crippen LogP contribution in [0.5, 0.6) is 5.75 Å². The van der Waals surface area contributed by atoms with Crippen molar-refractivity contribution in [2.45, 2.75) is 19.9 Å². The first-order chi connectivity index (χ1) is 15.9. The second kappa shape index (κ2) is 9.16. The largest absolute Gasteiger partial charge is 0.495 e. The van der Waals surface area contributed by atoms with E-state index in [1.807, 2.05) is 62.4 Å². The minimum atomic E-state index is -0.517. The van der Waals surface area contributed by atoms with Gasteiger partial charge in [-0.15, -0.1) is 0 Å². The van der Waals surface area contributed by atoms with Crippen molar-refractivity contribution in [1.29, 1.82) is 0 Å². The highest BCUT2D eigenvalue weighted by molar-refractivity contribution is 5.90. The fourth-order valence-electron chi connectivity index (χ4n) is 3.74. The van der Waals surface area contributed by atoms with Crippen LogP contribution in [0.25, 0.3) is 16.6 Å².